The SMILES string of the molecule is [2H]c1cc(-c2nc(NC(C)C)nc(N[C@]([2H])(C)C(F)(F)F)n2)nc(Cl)c1[2H]. The summed E-state index contributed by atoms with van der Waals surface area (Å²) in [6.07, 6.45) is -4.88. The normalized spacial score (nSPS) is 16.1. The van der Waals surface area contributed by atoms with Gasteiger partial charge in [0.15, 0.2) is 5.82 Å². The molecule has 2 aromatic heterocycles. The fourth-order valence-electron chi connectivity index (χ4n) is 1.55. The summed E-state index contributed by atoms with van der Waals surface area (Å²) in [5, 5.41) is 4.48. The molecule has 2 rings (SSSR count). The van der Waals surface area contributed by atoms with Crippen molar-refractivity contribution < 1.29 is 17.3 Å². The van der Waals surface area contributed by atoms with Crippen LogP contribution in [-0.4, -0.2) is 38.2 Å². The highest BCUT2D eigenvalue weighted by atomic mass is 35.5. The molecule has 1 atom stereocenters. The molecule has 0 aliphatic carbocycles. The van der Waals surface area contributed by atoms with Crippen molar-refractivity contribution in [3.8, 4) is 11.5 Å². The fourth-order valence-corrected chi connectivity index (χ4v) is 1.70. The summed E-state index contributed by atoms with van der Waals surface area (Å²) in [7, 11) is 0. The number of nitrogens with one attached hydrogen (secondary N) is 2. The number of rotatable bonds is 5. The zero-order chi connectivity index (χ0) is 20.6. The largest absolute Gasteiger partial charge is 0.408 e. The lowest BCUT2D eigenvalue weighted by Crippen LogP contribution is -2.34. The number of alkyl halides is 3. The van der Waals surface area contributed by atoms with Gasteiger partial charge in [-0.2, -0.15) is 28.1 Å². The standard InChI is InChI=1S/C14H16ClF3N6/c1-7(2)19-12-22-11(9-5-4-6-10(15)21-9)23-13(24-12)20-8(3)14(16,17)18/h4-8H,1-3H3,(H2,19,20,22,23,24)/t8-/m1/s1/i4D,6D,8D. The quantitative estimate of drug-likeness (QED) is 0.787. The highest BCUT2D eigenvalue weighted by Gasteiger charge is 2.36. The van der Waals surface area contributed by atoms with E-state index in [9.17, 15) is 13.2 Å². The third kappa shape index (κ3) is 4.92. The minimum absolute atomic E-state index is 0.0167. The van der Waals surface area contributed by atoms with Crippen LogP contribution in [0.2, 0.25) is 5.15 Å². The Morgan fingerprint density at radius 2 is 1.75 bits per heavy atom. The van der Waals surface area contributed by atoms with Gasteiger partial charge >= 0.3 is 6.18 Å². The van der Waals surface area contributed by atoms with Gasteiger partial charge in [0.05, 0.1) is 4.11 Å². The number of pyridine rings is 1. The minimum Gasteiger partial charge on any atom is -0.352 e. The van der Waals surface area contributed by atoms with Crippen LogP contribution in [0.4, 0.5) is 25.1 Å². The van der Waals surface area contributed by atoms with Gasteiger partial charge in [-0.15, -0.1) is 0 Å². The van der Waals surface area contributed by atoms with Crippen molar-refractivity contribution in [2.45, 2.75) is 39.0 Å². The lowest BCUT2D eigenvalue weighted by molar-refractivity contribution is -0.138. The summed E-state index contributed by atoms with van der Waals surface area (Å²) in [6.45, 7) is 4.16. The molecular weight excluding hydrogens is 345 g/mol. The van der Waals surface area contributed by atoms with E-state index >= 15 is 0 Å². The van der Waals surface area contributed by atoms with Crippen LogP contribution in [-0.2, 0) is 0 Å². The Morgan fingerprint density at radius 1 is 1.12 bits per heavy atom. The summed E-state index contributed by atoms with van der Waals surface area (Å²) < 4.78 is 61.7. The van der Waals surface area contributed by atoms with Crippen molar-refractivity contribution in [3.05, 3.63) is 23.3 Å². The van der Waals surface area contributed by atoms with E-state index in [4.69, 9.17) is 15.7 Å². The van der Waals surface area contributed by atoms with E-state index in [1.54, 1.807) is 13.8 Å². The Labute approximate surface area is 146 Å². The molecule has 24 heavy (non-hydrogen) atoms. The van der Waals surface area contributed by atoms with Crippen LogP contribution < -0.4 is 10.6 Å². The van der Waals surface area contributed by atoms with Crippen LogP contribution in [0.15, 0.2) is 18.2 Å². The van der Waals surface area contributed by atoms with E-state index < -0.39 is 18.1 Å². The van der Waals surface area contributed by atoms with Gasteiger partial charge in [-0.05, 0) is 32.9 Å². The zero-order valence-electron chi connectivity index (χ0n) is 16.0. The molecule has 0 saturated heterocycles. The molecule has 0 aromatic carbocycles. The second-order valence-electron chi connectivity index (χ2n) is 5.05. The van der Waals surface area contributed by atoms with Gasteiger partial charge in [0.1, 0.15) is 16.9 Å². The number of hydrogen-bond acceptors (Lipinski definition) is 6. The van der Waals surface area contributed by atoms with Gasteiger partial charge in [-0.25, -0.2) is 4.98 Å². The van der Waals surface area contributed by atoms with Crippen molar-refractivity contribution in [2.24, 2.45) is 0 Å². The molecule has 10 heteroatoms. The average molecular weight is 364 g/mol. The molecule has 0 radical (unpaired) electrons. The predicted molar refractivity (Wildman–Crippen MR) is 86.0 cm³/mol. The Bertz CT molecular complexity index is 824. The van der Waals surface area contributed by atoms with Crippen LogP contribution in [0.3, 0.4) is 0 Å². The van der Waals surface area contributed by atoms with Gasteiger partial charge in [-0.1, -0.05) is 17.6 Å². The highest BCUT2D eigenvalue weighted by Crippen LogP contribution is 2.24. The van der Waals surface area contributed by atoms with Crippen molar-refractivity contribution in [2.75, 3.05) is 10.6 Å². The number of aromatic nitrogens is 4. The molecule has 130 valence electrons. The molecule has 0 fully saturated rings. The summed E-state index contributed by atoms with van der Waals surface area (Å²) in [5.74, 6) is -0.712. The molecule has 0 unspecified atom stereocenters. The topological polar surface area (TPSA) is 75.6 Å². The van der Waals surface area contributed by atoms with Crippen molar-refractivity contribution >= 4 is 23.5 Å². The summed E-state index contributed by atoms with van der Waals surface area (Å²) in [4.78, 5) is 15.7. The number of hydrogen-bond donors (Lipinski definition) is 2. The van der Waals surface area contributed by atoms with E-state index in [-0.39, 0.29) is 40.7 Å². The minimum atomic E-state index is -4.88. The molecule has 2 aromatic rings. The number of halogens is 4. The fraction of sp³-hybridized carbons (Fsp3) is 0.429. The molecule has 0 saturated carbocycles. The molecule has 2 heterocycles. The third-order valence-electron chi connectivity index (χ3n) is 2.61. The average Bonchev–Trinajstić information content (AvgIpc) is 2.49. The maximum Gasteiger partial charge on any atom is 0.408 e. The first-order valence-corrected chi connectivity index (χ1v) is 7.19. The second kappa shape index (κ2) is 7.16. The third-order valence-corrected chi connectivity index (χ3v) is 2.79. The van der Waals surface area contributed by atoms with Gasteiger partial charge in [0.25, 0.3) is 0 Å². The lowest BCUT2D eigenvalue weighted by atomic mass is 10.3. The van der Waals surface area contributed by atoms with Gasteiger partial charge in [0.2, 0.25) is 11.9 Å². The monoisotopic (exact) mass is 363 g/mol. The predicted octanol–water partition coefficient (Wildman–Crippen LogP) is 3.77. The van der Waals surface area contributed by atoms with E-state index in [2.05, 4.69) is 25.3 Å². The van der Waals surface area contributed by atoms with Crippen LogP contribution in [0.1, 0.15) is 24.9 Å². The van der Waals surface area contributed by atoms with E-state index in [0.717, 1.165) is 6.07 Å². The highest BCUT2D eigenvalue weighted by molar-refractivity contribution is 6.29. The molecule has 0 spiro atoms. The molecule has 0 aliphatic heterocycles. The Morgan fingerprint density at radius 3 is 2.29 bits per heavy atom. The molecule has 0 aliphatic rings. The summed E-state index contributed by atoms with van der Waals surface area (Å²) in [5.41, 5.74) is -0.0167. The van der Waals surface area contributed by atoms with Crippen LogP contribution >= 0.6 is 11.6 Å². The molecule has 0 amide bonds. The van der Waals surface area contributed by atoms with Crippen molar-refractivity contribution in [1.82, 2.24) is 19.9 Å². The first-order chi connectivity index (χ1) is 12.3. The van der Waals surface area contributed by atoms with E-state index in [0.29, 0.717) is 6.92 Å². The molecule has 2 N–H and O–H groups in total. The van der Waals surface area contributed by atoms with Crippen LogP contribution in [0.5, 0.6) is 0 Å². The smallest absolute Gasteiger partial charge is 0.352 e. The first-order valence-electron chi connectivity index (χ1n) is 8.32. The first kappa shape index (κ1) is 14.2. The van der Waals surface area contributed by atoms with Gasteiger partial charge < -0.3 is 10.6 Å². The van der Waals surface area contributed by atoms with E-state index in [1.165, 1.54) is 0 Å². The van der Waals surface area contributed by atoms with E-state index in [1.807, 2.05) is 5.32 Å². The number of anilines is 2. The lowest BCUT2D eigenvalue weighted by Gasteiger charge is -2.18. The zero-order valence-corrected chi connectivity index (χ0v) is 13.7. The van der Waals surface area contributed by atoms with Gasteiger partial charge in [0, 0.05) is 6.04 Å². The Hall–Kier alpha value is -2.16. The maximum absolute atomic E-state index is 13.0. The van der Waals surface area contributed by atoms with Crippen molar-refractivity contribution in [1.29, 1.82) is 0 Å². The van der Waals surface area contributed by atoms with Crippen LogP contribution in [0, 0.1) is 0 Å². The Balaban J connectivity index is 2.55. The van der Waals surface area contributed by atoms with Gasteiger partial charge in [-0.3, -0.25) is 0 Å². The molecule has 0 bridgehead atoms. The number of nitrogens with zero attached hydrogens (tertiary/aromatic N) is 4. The molecular formula is C14H16ClF3N6. The summed E-state index contributed by atoms with van der Waals surface area (Å²) in [6, 6.07) is -2.58. The summed E-state index contributed by atoms with van der Waals surface area (Å²) >= 11 is 5.80. The Kier molecular flexibility index (Phi) is 4.24. The molecule has 6 nitrogen and oxygen atoms in total. The van der Waals surface area contributed by atoms with Crippen LogP contribution in [0.25, 0.3) is 11.5 Å². The second-order valence-corrected chi connectivity index (χ2v) is 5.41. The van der Waals surface area contributed by atoms with Crippen molar-refractivity contribution in [3.63, 3.8) is 0 Å². The maximum atomic E-state index is 13.0.